The Morgan fingerprint density at radius 3 is 2.84 bits per heavy atom. The third kappa shape index (κ3) is 2.58. The fourth-order valence-corrected chi connectivity index (χ4v) is 2.18. The number of nitrogens with one attached hydrogen (secondary N) is 1. The highest BCUT2D eigenvalue weighted by Crippen LogP contribution is 2.15. The van der Waals surface area contributed by atoms with E-state index in [0.717, 1.165) is 5.69 Å². The topological polar surface area (TPSA) is 59.9 Å². The molecular weight excluding hydrogens is 262 g/mol. The van der Waals surface area contributed by atoms with Crippen molar-refractivity contribution in [2.24, 2.45) is 0 Å². The summed E-state index contributed by atoms with van der Waals surface area (Å²) >= 11 is 5.32. The summed E-state index contributed by atoms with van der Waals surface area (Å²) in [4.78, 5) is 16.2. The molecule has 0 aliphatic carbocycles. The molecule has 2 aromatic rings. The molecule has 5 nitrogen and oxygen atoms in total. The lowest BCUT2D eigenvalue weighted by Gasteiger charge is -2.02. The molecule has 0 aliphatic heterocycles. The number of esters is 1. The fourth-order valence-electron chi connectivity index (χ4n) is 1.80. The normalized spacial score (nSPS) is 10.5. The summed E-state index contributed by atoms with van der Waals surface area (Å²) in [5.41, 5.74) is 1.94. The van der Waals surface area contributed by atoms with Crippen LogP contribution in [-0.4, -0.2) is 27.3 Å². The standard InChI is InChI=1S/C13H15N3O2S/c1-4-18-13(17)11-9(3)15-16(12(11)19)10-7-5-6-8(2)14-10/h5-7,15H,4H2,1-3H3. The van der Waals surface area contributed by atoms with E-state index in [-0.39, 0.29) is 0 Å². The number of nitrogens with zero attached hydrogens (tertiary/aromatic N) is 2. The van der Waals surface area contributed by atoms with E-state index in [2.05, 4.69) is 10.1 Å². The van der Waals surface area contributed by atoms with Crippen LogP contribution in [0.2, 0.25) is 0 Å². The molecule has 0 aliphatic rings. The molecule has 2 aromatic heterocycles. The molecule has 0 fully saturated rings. The minimum atomic E-state index is -0.410. The van der Waals surface area contributed by atoms with Gasteiger partial charge in [-0.2, -0.15) is 0 Å². The number of carbonyl (C=O) groups is 1. The summed E-state index contributed by atoms with van der Waals surface area (Å²) in [6, 6.07) is 5.61. The zero-order valence-electron chi connectivity index (χ0n) is 11.1. The number of rotatable bonds is 3. The van der Waals surface area contributed by atoms with Gasteiger partial charge in [0.1, 0.15) is 10.2 Å². The monoisotopic (exact) mass is 277 g/mol. The molecule has 0 atom stereocenters. The maximum Gasteiger partial charge on any atom is 0.343 e. The molecule has 19 heavy (non-hydrogen) atoms. The van der Waals surface area contributed by atoms with E-state index in [4.69, 9.17) is 17.0 Å². The maximum atomic E-state index is 11.9. The first-order valence-electron chi connectivity index (χ1n) is 5.97. The number of carbonyl (C=O) groups excluding carboxylic acids is 1. The molecule has 0 radical (unpaired) electrons. The molecule has 0 saturated carbocycles. The van der Waals surface area contributed by atoms with Gasteiger partial charge in [0.25, 0.3) is 0 Å². The van der Waals surface area contributed by atoms with E-state index >= 15 is 0 Å². The first-order valence-corrected chi connectivity index (χ1v) is 6.38. The van der Waals surface area contributed by atoms with E-state index < -0.39 is 5.97 Å². The van der Waals surface area contributed by atoms with E-state index in [9.17, 15) is 4.79 Å². The van der Waals surface area contributed by atoms with Crippen LogP contribution < -0.4 is 0 Å². The van der Waals surface area contributed by atoms with Crippen molar-refractivity contribution in [2.75, 3.05) is 6.61 Å². The first kappa shape index (κ1) is 13.5. The van der Waals surface area contributed by atoms with Crippen molar-refractivity contribution in [3.63, 3.8) is 0 Å². The van der Waals surface area contributed by atoms with Crippen molar-refractivity contribution in [2.45, 2.75) is 20.8 Å². The third-order valence-corrected chi connectivity index (χ3v) is 3.04. The van der Waals surface area contributed by atoms with E-state index in [1.165, 1.54) is 0 Å². The SMILES string of the molecule is CCOC(=O)c1c(C)[nH]n(-c2cccc(C)n2)c1=S. The zero-order chi connectivity index (χ0) is 14.0. The van der Waals surface area contributed by atoms with E-state index in [1.807, 2.05) is 25.1 Å². The number of hydrogen-bond donors (Lipinski definition) is 1. The number of aryl methyl sites for hydroxylation is 2. The number of aromatic nitrogens is 3. The van der Waals surface area contributed by atoms with Gasteiger partial charge in [-0.15, -0.1) is 0 Å². The minimum Gasteiger partial charge on any atom is -0.462 e. The molecule has 1 N–H and O–H groups in total. The van der Waals surface area contributed by atoms with Gasteiger partial charge in [-0.05, 0) is 32.9 Å². The van der Waals surface area contributed by atoms with Crippen molar-refractivity contribution in [1.29, 1.82) is 0 Å². The highest BCUT2D eigenvalue weighted by molar-refractivity contribution is 7.71. The first-order chi connectivity index (χ1) is 9.04. The van der Waals surface area contributed by atoms with Gasteiger partial charge < -0.3 is 4.74 Å². The van der Waals surface area contributed by atoms with Crippen molar-refractivity contribution >= 4 is 18.2 Å². The van der Waals surface area contributed by atoms with Crippen molar-refractivity contribution in [1.82, 2.24) is 14.8 Å². The smallest absolute Gasteiger partial charge is 0.343 e. The van der Waals surface area contributed by atoms with Crippen LogP contribution in [-0.2, 0) is 4.74 Å². The third-order valence-electron chi connectivity index (χ3n) is 2.65. The number of hydrogen-bond acceptors (Lipinski definition) is 4. The van der Waals surface area contributed by atoms with Gasteiger partial charge in [-0.1, -0.05) is 18.3 Å². The van der Waals surface area contributed by atoms with Crippen molar-refractivity contribution in [3.8, 4) is 5.82 Å². The second-order valence-electron chi connectivity index (χ2n) is 4.11. The number of H-pyrrole nitrogens is 1. The van der Waals surface area contributed by atoms with Crippen LogP contribution in [0.1, 0.15) is 28.7 Å². The number of ether oxygens (including phenoxy) is 1. The Hall–Kier alpha value is -1.95. The quantitative estimate of drug-likeness (QED) is 0.692. The van der Waals surface area contributed by atoms with Crippen LogP contribution >= 0.6 is 12.2 Å². The van der Waals surface area contributed by atoms with Crippen LogP contribution in [0.25, 0.3) is 5.82 Å². The Kier molecular flexibility index (Phi) is 3.80. The minimum absolute atomic E-state index is 0.320. The summed E-state index contributed by atoms with van der Waals surface area (Å²) in [5.74, 6) is 0.247. The summed E-state index contributed by atoms with van der Waals surface area (Å²) in [6.07, 6.45) is 0. The fraction of sp³-hybridized carbons (Fsp3) is 0.308. The van der Waals surface area contributed by atoms with Crippen LogP contribution in [0.4, 0.5) is 0 Å². The Morgan fingerprint density at radius 1 is 1.47 bits per heavy atom. The lowest BCUT2D eigenvalue weighted by atomic mass is 10.3. The Morgan fingerprint density at radius 2 is 2.21 bits per heavy atom. The Balaban J connectivity index is 2.53. The average Bonchev–Trinajstić information content (AvgIpc) is 2.65. The van der Waals surface area contributed by atoms with Gasteiger partial charge in [0, 0.05) is 11.4 Å². The molecule has 2 heterocycles. The van der Waals surface area contributed by atoms with Gasteiger partial charge >= 0.3 is 5.97 Å². The summed E-state index contributed by atoms with van der Waals surface area (Å²) in [6.45, 7) is 5.77. The number of aromatic amines is 1. The summed E-state index contributed by atoms with van der Waals surface area (Å²) < 4.78 is 7.00. The molecule has 0 amide bonds. The van der Waals surface area contributed by atoms with Crippen LogP contribution in [0.15, 0.2) is 18.2 Å². The molecule has 0 saturated heterocycles. The largest absolute Gasteiger partial charge is 0.462 e. The Bertz CT molecular complexity index is 673. The Labute approximate surface area is 116 Å². The molecule has 2 rings (SSSR count). The van der Waals surface area contributed by atoms with Crippen molar-refractivity contribution < 1.29 is 9.53 Å². The van der Waals surface area contributed by atoms with E-state index in [0.29, 0.717) is 28.3 Å². The lowest BCUT2D eigenvalue weighted by Crippen LogP contribution is -2.06. The summed E-state index contributed by atoms with van der Waals surface area (Å²) in [5, 5.41) is 3.04. The highest BCUT2D eigenvalue weighted by Gasteiger charge is 2.18. The molecule has 0 unspecified atom stereocenters. The molecule has 0 spiro atoms. The van der Waals surface area contributed by atoms with Crippen molar-refractivity contribution in [3.05, 3.63) is 39.8 Å². The summed E-state index contributed by atoms with van der Waals surface area (Å²) in [7, 11) is 0. The van der Waals surface area contributed by atoms with Gasteiger partial charge in [-0.3, -0.25) is 5.10 Å². The van der Waals surface area contributed by atoms with Crippen LogP contribution in [0, 0.1) is 18.5 Å². The molecule has 0 aromatic carbocycles. The molecule has 0 bridgehead atoms. The molecular formula is C13H15N3O2S. The van der Waals surface area contributed by atoms with Gasteiger partial charge in [0.15, 0.2) is 5.82 Å². The molecule has 100 valence electrons. The second-order valence-corrected chi connectivity index (χ2v) is 4.50. The van der Waals surface area contributed by atoms with Crippen LogP contribution in [0.5, 0.6) is 0 Å². The van der Waals surface area contributed by atoms with Gasteiger partial charge in [0.2, 0.25) is 0 Å². The zero-order valence-corrected chi connectivity index (χ0v) is 11.9. The second kappa shape index (κ2) is 5.36. The van der Waals surface area contributed by atoms with Gasteiger partial charge in [-0.25, -0.2) is 14.5 Å². The predicted molar refractivity (Wildman–Crippen MR) is 74.2 cm³/mol. The molecule has 6 heteroatoms. The average molecular weight is 277 g/mol. The van der Waals surface area contributed by atoms with Gasteiger partial charge in [0.05, 0.1) is 6.61 Å². The highest BCUT2D eigenvalue weighted by atomic mass is 32.1. The van der Waals surface area contributed by atoms with Crippen LogP contribution in [0.3, 0.4) is 0 Å². The maximum absolute atomic E-state index is 11.9. The number of pyridine rings is 1. The van der Waals surface area contributed by atoms with E-state index in [1.54, 1.807) is 18.5 Å². The predicted octanol–water partition coefficient (Wildman–Crippen LogP) is 2.72. The lowest BCUT2D eigenvalue weighted by molar-refractivity contribution is 0.0525.